The van der Waals surface area contributed by atoms with E-state index in [0.29, 0.717) is 0 Å². The quantitative estimate of drug-likeness (QED) is 0.521. The molecule has 1 fully saturated rings. The largest absolute Gasteiger partial charge is 0.495 e. The van der Waals surface area contributed by atoms with Gasteiger partial charge in [-0.15, -0.1) is 10.2 Å². The van der Waals surface area contributed by atoms with Gasteiger partial charge in [-0.2, -0.15) is 5.10 Å². The molecule has 1 aliphatic rings. The Kier molecular flexibility index (Phi) is 4.35. The molecule has 0 radical (unpaired) electrons. The van der Waals surface area contributed by atoms with Gasteiger partial charge in [-0.3, -0.25) is 10.1 Å². The van der Waals surface area contributed by atoms with Crippen molar-refractivity contribution in [3.05, 3.63) is 60.6 Å². The third-order valence-electron chi connectivity index (χ3n) is 5.84. The van der Waals surface area contributed by atoms with E-state index >= 15 is 0 Å². The third-order valence-corrected chi connectivity index (χ3v) is 5.84. The predicted molar refractivity (Wildman–Crippen MR) is 112 cm³/mol. The molecule has 5 rings (SSSR count). The molecule has 0 saturated heterocycles. The number of hydrogen-bond acceptors (Lipinski definition) is 6. The second-order valence-electron chi connectivity index (χ2n) is 7.55. The highest BCUT2D eigenvalue weighted by molar-refractivity contribution is 5.83. The van der Waals surface area contributed by atoms with Crippen LogP contribution in [0.5, 0.6) is 5.75 Å². The summed E-state index contributed by atoms with van der Waals surface area (Å²) in [7, 11) is 1.66. The van der Waals surface area contributed by atoms with Gasteiger partial charge in [0.2, 0.25) is 0 Å². The Balaban J connectivity index is 1.30. The fourth-order valence-electron chi connectivity index (χ4n) is 3.88. The molecule has 29 heavy (non-hydrogen) atoms. The molecule has 0 unspecified atom stereocenters. The zero-order valence-electron chi connectivity index (χ0n) is 16.2. The van der Waals surface area contributed by atoms with Gasteiger partial charge in [-0.1, -0.05) is 18.6 Å². The molecule has 146 valence electrons. The summed E-state index contributed by atoms with van der Waals surface area (Å²) >= 11 is 0. The van der Waals surface area contributed by atoms with E-state index in [1.807, 2.05) is 42.6 Å². The van der Waals surface area contributed by atoms with Crippen LogP contribution in [-0.4, -0.2) is 39.0 Å². The molecule has 4 aromatic rings. The summed E-state index contributed by atoms with van der Waals surface area (Å²) in [5, 5.41) is 20.4. The molecule has 3 aromatic heterocycles. The van der Waals surface area contributed by atoms with Crippen molar-refractivity contribution < 1.29 is 4.74 Å². The lowest BCUT2D eigenvalue weighted by Gasteiger charge is -2.41. The molecule has 7 heteroatoms. The van der Waals surface area contributed by atoms with Crippen LogP contribution in [0, 0.1) is 0 Å². The number of pyridine rings is 1. The van der Waals surface area contributed by atoms with Crippen molar-refractivity contribution in [1.82, 2.24) is 25.4 Å². The van der Waals surface area contributed by atoms with Crippen molar-refractivity contribution in [1.29, 1.82) is 0 Å². The molecular formula is C22H22N6O. The molecule has 2 N–H and O–H groups in total. The van der Waals surface area contributed by atoms with Gasteiger partial charge in [-0.25, -0.2) is 0 Å². The highest BCUT2D eigenvalue weighted by Gasteiger charge is 2.39. The predicted octanol–water partition coefficient (Wildman–Crippen LogP) is 3.96. The zero-order valence-corrected chi connectivity index (χ0v) is 16.2. The normalized spacial score (nSPS) is 15.1. The topological polar surface area (TPSA) is 88.6 Å². The maximum Gasteiger partial charge on any atom is 0.148 e. The average Bonchev–Trinajstić information content (AvgIpc) is 3.22. The number of aromatic amines is 1. The molecule has 1 aliphatic carbocycles. The Morgan fingerprint density at radius 3 is 2.69 bits per heavy atom. The van der Waals surface area contributed by atoms with E-state index in [0.717, 1.165) is 58.8 Å². The summed E-state index contributed by atoms with van der Waals surface area (Å²) in [6, 6.07) is 14.1. The summed E-state index contributed by atoms with van der Waals surface area (Å²) < 4.78 is 5.23. The molecule has 3 heterocycles. The van der Waals surface area contributed by atoms with Gasteiger partial charge < -0.3 is 10.1 Å². The van der Waals surface area contributed by atoms with Crippen LogP contribution in [0.25, 0.3) is 22.2 Å². The first kappa shape index (κ1) is 17.6. The number of anilines is 1. The number of aromatic nitrogens is 5. The molecule has 0 amide bonds. The number of benzene rings is 1. The first-order valence-electron chi connectivity index (χ1n) is 9.77. The summed E-state index contributed by atoms with van der Waals surface area (Å²) in [6.07, 6.45) is 7.06. The number of hydrogen-bond donors (Lipinski definition) is 2. The smallest absolute Gasteiger partial charge is 0.148 e. The Morgan fingerprint density at radius 1 is 1.07 bits per heavy atom. The number of nitrogens with zero attached hydrogens (tertiary/aromatic N) is 4. The Morgan fingerprint density at radius 2 is 2.00 bits per heavy atom. The van der Waals surface area contributed by atoms with Crippen LogP contribution in [0.15, 0.2) is 54.9 Å². The lowest BCUT2D eigenvalue weighted by Crippen LogP contribution is -2.41. The van der Waals surface area contributed by atoms with E-state index in [4.69, 9.17) is 4.74 Å². The van der Waals surface area contributed by atoms with Gasteiger partial charge in [0.15, 0.2) is 0 Å². The fraction of sp³-hybridized carbons (Fsp3) is 0.273. The van der Waals surface area contributed by atoms with Crippen molar-refractivity contribution in [2.75, 3.05) is 19.0 Å². The minimum Gasteiger partial charge on any atom is -0.495 e. The van der Waals surface area contributed by atoms with E-state index in [1.54, 1.807) is 13.3 Å². The molecule has 0 spiro atoms. The van der Waals surface area contributed by atoms with Crippen LogP contribution in [-0.2, 0) is 5.41 Å². The van der Waals surface area contributed by atoms with E-state index in [9.17, 15) is 0 Å². The van der Waals surface area contributed by atoms with Gasteiger partial charge in [-0.05, 0) is 43.2 Å². The van der Waals surface area contributed by atoms with Crippen molar-refractivity contribution in [3.8, 4) is 17.0 Å². The van der Waals surface area contributed by atoms with Gasteiger partial charge in [0.1, 0.15) is 11.6 Å². The number of ether oxygens (including phenoxy) is 1. The molecule has 7 nitrogen and oxygen atoms in total. The molecular weight excluding hydrogens is 364 g/mol. The second-order valence-corrected chi connectivity index (χ2v) is 7.55. The van der Waals surface area contributed by atoms with Crippen molar-refractivity contribution in [3.63, 3.8) is 0 Å². The van der Waals surface area contributed by atoms with Crippen molar-refractivity contribution in [2.24, 2.45) is 0 Å². The van der Waals surface area contributed by atoms with Crippen molar-refractivity contribution >= 4 is 16.7 Å². The first-order chi connectivity index (χ1) is 14.3. The molecule has 0 aliphatic heterocycles. The summed E-state index contributed by atoms with van der Waals surface area (Å²) in [5.74, 6) is 1.56. The minimum absolute atomic E-state index is 0.0538. The Labute approximate surface area is 168 Å². The summed E-state index contributed by atoms with van der Waals surface area (Å²) in [4.78, 5) is 4.62. The standard InChI is InChI=1S/C22H22N6O/c1-29-17-5-7-20(23-13-17)22(9-2-10-22)14-24-21-8-6-18(27-28-21)15-3-4-16-12-25-26-19(16)11-15/h3-8,11-13H,2,9-10,14H2,1H3,(H,24,28)(H,25,26). The monoisotopic (exact) mass is 386 g/mol. The van der Waals surface area contributed by atoms with Crippen LogP contribution >= 0.6 is 0 Å². The van der Waals surface area contributed by atoms with E-state index in [1.165, 1.54) is 6.42 Å². The number of rotatable bonds is 6. The molecule has 1 saturated carbocycles. The number of H-pyrrole nitrogens is 1. The zero-order chi connectivity index (χ0) is 19.7. The maximum absolute atomic E-state index is 5.23. The minimum atomic E-state index is 0.0538. The lowest BCUT2D eigenvalue weighted by molar-refractivity contribution is 0.252. The maximum atomic E-state index is 5.23. The average molecular weight is 386 g/mol. The number of nitrogens with one attached hydrogen (secondary N) is 2. The van der Waals surface area contributed by atoms with Crippen LogP contribution in [0.3, 0.4) is 0 Å². The fourth-order valence-corrected chi connectivity index (χ4v) is 3.88. The van der Waals surface area contributed by atoms with Crippen LogP contribution in [0.4, 0.5) is 5.82 Å². The van der Waals surface area contributed by atoms with Gasteiger partial charge >= 0.3 is 0 Å². The highest BCUT2D eigenvalue weighted by Crippen LogP contribution is 2.43. The van der Waals surface area contributed by atoms with E-state index < -0.39 is 0 Å². The van der Waals surface area contributed by atoms with Gasteiger partial charge in [0.25, 0.3) is 0 Å². The molecule has 0 atom stereocenters. The second kappa shape index (κ2) is 7.16. The molecule has 0 bridgehead atoms. The van der Waals surface area contributed by atoms with Gasteiger partial charge in [0.05, 0.1) is 30.7 Å². The van der Waals surface area contributed by atoms with Crippen molar-refractivity contribution in [2.45, 2.75) is 24.7 Å². The molecule has 1 aromatic carbocycles. The van der Waals surface area contributed by atoms with Crippen LogP contribution < -0.4 is 10.1 Å². The third kappa shape index (κ3) is 3.29. The lowest BCUT2D eigenvalue weighted by atomic mass is 9.66. The first-order valence-corrected chi connectivity index (χ1v) is 9.77. The summed E-state index contributed by atoms with van der Waals surface area (Å²) in [5.41, 5.74) is 4.00. The van der Waals surface area contributed by atoms with Gasteiger partial charge in [0, 0.05) is 28.6 Å². The summed E-state index contributed by atoms with van der Waals surface area (Å²) in [6.45, 7) is 0.792. The Hall–Kier alpha value is -3.48. The van der Waals surface area contributed by atoms with Crippen LogP contribution in [0.1, 0.15) is 25.0 Å². The van der Waals surface area contributed by atoms with Crippen LogP contribution in [0.2, 0.25) is 0 Å². The number of fused-ring (bicyclic) bond motifs is 1. The van der Waals surface area contributed by atoms with E-state index in [-0.39, 0.29) is 5.41 Å². The number of methoxy groups -OCH3 is 1. The SMILES string of the molecule is COc1ccc(C2(CNc3ccc(-c4ccc5cn[nH]c5c4)nn3)CCC2)nc1. The Bertz CT molecular complexity index is 1120. The van der Waals surface area contributed by atoms with E-state index in [2.05, 4.69) is 36.8 Å². The highest BCUT2D eigenvalue weighted by atomic mass is 16.5.